The molecule has 25 heavy (non-hydrogen) atoms. The van der Waals surface area contributed by atoms with Gasteiger partial charge in [-0.15, -0.1) is 0 Å². The minimum absolute atomic E-state index is 0.00476. The summed E-state index contributed by atoms with van der Waals surface area (Å²) in [6.45, 7) is 8.05. The predicted octanol–water partition coefficient (Wildman–Crippen LogP) is 1.38. The van der Waals surface area contributed by atoms with E-state index in [-0.39, 0.29) is 17.5 Å². The third-order valence-electron chi connectivity index (χ3n) is 5.13. The Hall–Kier alpha value is -1.66. The molecule has 0 bridgehead atoms. The van der Waals surface area contributed by atoms with Crippen molar-refractivity contribution in [1.82, 2.24) is 9.78 Å². The van der Waals surface area contributed by atoms with Gasteiger partial charge in [0, 0.05) is 11.3 Å². The summed E-state index contributed by atoms with van der Waals surface area (Å²) in [5, 5.41) is 4.67. The van der Waals surface area contributed by atoms with Crippen LogP contribution in [0.25, 0.3) is 0 Å². The quantitative estimate of drug-likeness (QED) is 0.874. The first kappa shape index (κ1) is 18.1. The van der Waals surface area contributed by atoms with Gasteiger partial charge in [0.15, 0.2) is 9.84 Å². The minimum Gasteiger partial charge on any atom is -0.330 e. The molecule has 2 aromatic rings. The van der Waals surface area contributed by atoms with Crippen molar-refractivity contribution in [2.75, 3.05) is 18.6 Å². The third-order valence-corrected chi connectivity index (χ3v) is 6.88. The van der Waals surface area contributed by atoms with Crippen LogP contribution in [0.5, 0.6) is 0 Å². The lowest BCUT2D eigenvalue weighted by Gasteiger charge is -2.15. The molecule has 1 aliphatic rings. The highest BCUT2D eigenvalue weighted by atomic mass is 32.2. The molecule has 0 spiro atoms. The van der Waals surface area contributed by atoms with Gasteiger partial charge in [-0.2, -0.15) is 5.10 Å². The van der Waals surface area contributed by atoms with Gasteiger partial charge in [0.25, 0.3) is 0 Å². The number of aryl methyl sites for hydroxylation is 2. The van der Waals surface area contributed by atoms with Crippen LogP contribution in [-0.4, -0.2) is 36.8 Å². The Bertz CT molecular complexity index is 854. The summed E-state index contributed by atoms with van der Waals surface area (Å²) in [6.07, 6.45) is 0.676. The Labute approximate surface area is 150 Å². The van der Waals surface area contributed by atoms with Crippen molar-refractivity contribution >= 4 is 9.84 Å². The van der Waals surface area contributed by atoms with Crippen LogP contribution in [-0.2, 0) is 22.9 Å². The standard InChI is InChI=1S/C19H27N3O2S/c1-14-5-7-17(8-6-14)11-21(4)12-19-15(2)20-22(16(19)3)18-9-10-25(23,24)13-18/h5-8,18H,9-13H2,1-4H3/p+1/t18-/m1/s1. The molecule has 1 aromatic carbocycles. The van der Waals surface area contributed by atoms with Crippen LogP contribution in [0.2, 0.25) is 0 Å². The second kappa shape index (κ2) is 6.92. The molecule has 0 aliphatic carbocycles. The molecule has 1 unspecified atom stereocenters. The van der Waals surface area contributed by atoms with Gasteiger partial charge in [-0.25, -0.2) is 8.42 Å². The summed E-state index contributed by atoms with van der Waals surface area (Å²) in [4.78, 5) is 1.40. The number of aromatic nitrogens is 2. The molecule has 2 atom stereocenters. The molecule has 2 heterocycles. The summed E-state index contributed by atoms with van der Waals surface area (Å²) in [5.74, 6) is 0.504. The molecule has 6 heteroatoms. The largest absolute Gasteiger partial charge is 0.330 e. The van der Waals surface area contributed by atoms with Crippen molar-refractivity contribution in [3.05, 3.63) is 52.3 Å². The summed E-state index contributed by atoms with van der Waals surface area (Å²) in [7, 11) is -0.707. The fourth-order valence-corrected chi connectivity index (χ4v) is 5.39. The average molecular weight is 363 g/mol. The lowest BCUT2D eigenvalue weighted by atomic mass is 10.1. The topological polar surface area (TPSA) is 56.4 Å². The smallest absolute Gasteiger partial charge is 0.152 e. The highest BCUT2D eigenvalue weighted by molar-refractivity contribution is 7.91. The Balaban J connectivity index is 1.73. The Morgan fingerprint density at radius 2 is 1.84 bits per heavy atom. The average Bonchev–Trinajstić information content (AvgIpc) is 3.03. The Morgan fingerprint density at radius 3 is 2.44 bits per heavy atom. The summed E-state index contributed by atoms with van der Waals surface area (Å²) >= 11 is 0. The molecule has 5 nitrogen and oxygen atoms in total. The minimum atomic E-state index is -2.90. The van der Waals surface area contributed by atoms with E-state index in [0.29, 0.717) is 6.42 Å². The number of benzene rings is 1. The van der Waals surface area contributed by atoms with Gasteiger partial charge in [-0.05, 0) is 27.2 Å². The zero-order valence-corrected chi connectivity index (χ0v) is 16.4. The fraction of sp³-hybridized carbons (Fsp3) is 0.526. The number of quaternary nitrogens is 1. The Morgan fingerprint density at radius 1 is 1.16 bits per heavy atom. The van der Waals surface area contributed by atoms with Crippen LogP contribution in [0.1, 0.15) is 40.5 Å². The van der Waals surface area contributed by atoms with Crippen LogP contribution in [0.15, 0.2) is 24.3 Å². The number of sulfone groups is 1. The number of nitrogens with zero attached hydrogens (tertiary/aromatic N) is 2. The lowest BCUT2D eigenvalue weighted by Crippen LogP contribution is -3.06. The SMILES string of the molecule is Cc1ccc(C[NH+](C)Cc2c(C)nn([C@@H]3CCS(=O)(=O)C3)c2C)cc1. The van der Waals surface area contributed by atoms with Crippen LogP contribution < -0.4 is 4.90 Å². The van der Waals surface area contributed by atoms with E-state index in [1.165, 1.54) is 21.6 Å². The first-order chi connectivity index (χ1) is 11.7. The molecule has 1 aromatic heterocycles. The van der Waals surface area contributed by atoms with Gasteiger partial charge >= 0.3 is 0 Å². The number of hydrogen-bond donors (Lipinski definition) is 1. The first-order valence-corrected chi connectivity index (χ1v) is 10.7. The molecule has 0 radical (unpaired) electrons. The number of hydrogen-bond acceptors (Lipinski definition) is 3. The van der Waals surface area contributed by atoms with Crippen LogP contribution in [0.4, 0.5) is 0 Å². The van der Waals surface area contributed by atoms with Gasteiger partial charge in [-0.1, -0.05) is 29.8 Å². The van der Waals surface area contributed by atoms with Crippen LogP contribution >= 0.6 is 0 Å². The molecule has 1 aliphatic heterocycles. The second-order valence-electron chi connectivity index (χ2n) is 7.45. The van der Waals surface area contributed by atoms with Crippen molar-refractivity contribution in [2.24, 2.45) is 0 Å². The summed E-state index contributed by atoms with van der Waals surface area (Å²) < 4.78 is 25.5. The molecule has 3 rings (SSSR count). The molecular weight excluding hydrogens is 334 g/mol. The van der Waals surface area contributed by atoms with Gasteiger partial charge in [0.2, 0.25) is 0 Å². The normalized spacial score (nSPS) is 20.7. The van der Waals surface area contributed by atoms with Crippen molar-refractivity contribution in [3.8, 4) is 0 Å². The number of nitrogens with one attached hydrogen (secondary N) is 1. The molecule has 1 N–H and O–H groups in total. The van der Waals surface area contributed by atoms with Crippen molar-refractivity contribution in [1.29, 1.82) is 0 Å². The monoisotopic (exact) mass is 362 g/mol. The van der Waals surface area contributed by atoms with E-state index in [9.17, 15) is 8.42 Å². The molecule has 0 amide bonds. The molecule has 1 fully saturated rings. The summed E-state index contributed by atoms with van der Waals surface area (Å²) in [5.41, 5.74) is 5.98. The summed E-state index contributed by atoms with van der Waals surface area (Å²) in [6, 6.07) is 8.67. The maximum absolute atomic E-state index is 11.8. The molecular formula is C19H28N3O2S+. The maximum Gasteiger partial charge on any atom is 0.152 e. The highest BCUT2D eigenvalue weighted by Crippen LogP contribution is 2.26. The highest BCUT2D eigenvalue weighted by Gasteiger charge is 2.31. The van der Waals surface area contributed by atoms with Crippen LogP contribution in [0, 0.1) is 20.8 Å². The van der Waals surface area contributed by atoms with E-state index in [1.54, 1.807) is 0 Å². The van der Waals surface area contributed by atoms with Gasteiger partial charge in [0.05, 0.1) is 35.9 Å². The number of rotatable bonds is 5. The maximum atomic E-state index is 11.8. The van der Waals surface area contributed by atoms with E-state index >= 15 is 0 Å². The van der Waals surface area contributed by atoms with Crippen molar-refractivity contribution in [2.45, 2.75) is 46.3 Å². The van der Waals surface area contributed by atoms with E-state index in [4.69, 9.17) is 0 Å². The Kier molecular flexibility index (Phi) is 5.02. The van der Waals surface area contributed by atoms with E-state index in [0.717, 1.165) is 24.5 Å². The third kappa shape index (κ3) is 4.12. The second-order valence-corrected chi connectivity index (χ2v) is 9.68. The predicted molar refractivity (Wildman–Crippen MR) is 99.5 cm³/mol. The lowest BCUT2D eigenvalue weighted by molar-refractivity contribution is -0.907. The van der Waals surface area contributed by atoms with E-state index < -0.39 is 9.84 Å². The van der Waals surface area contributed by atoms with Gasteiger partial charge in [0.1, 0.15) is 13.1 Å². The zero-order valence-electron chi connectivity index (χ0n) is 15.5. The van der Waals surface area contributed by atoms with Crippen molar-refractivity contribution in [3.63, 3.8) is 0 Å². The zero-order chi connectivity index (χ0) is 18.2. The van der Waals surface area contributed by atoms with E-state index in [1.807, 2.05) is 11.6 Å². The van der Waals surface area contributed by atoms with Gasteiger partial charge in [-0.3, -0.25) is 4.68 Å². The fourth-order valence-electron chi connectivity index (χ4n) is 3.70. The molecule has 136 valence electrons. The molecule has 1 saturated heterocycles. The first-order valence-electron chi connectivity index (χ1n) is 8.87. The van der Waals surface area contributed by atoms with Gasteiger partial charge < -0.3 is 4.90 Å². The molecule has 0 saturated carbocycles. The van der Waals surface area contributed by atoms with Crippen LogP contribution in [0.3, 0.4) is 0 Å². The van der Waals surface area contributed by atoms with E-state index in [2.05, 4.69) is 50.3 Å². The van der Waals surface area contributed by atoms with Crippen molar-refractivity contribution < 1.29 is 13.3 Å².